The first-order valence-corrected chi connectivity index (χ1v) is 6.82. The molecule has 0 aromatic heterocycles. The molecule has 0 aliphatic rings. The lowest BCUT2D eigenvalue weighted by molar-refractivity contribution is 0.317. The van der Waals surface area contributed by atoms with Crippen molar-refractivity contribution in [3.8, 4) is 5.75 Å². The van der Waals surface area contributed by atoms with Gasteiger partial charge in [-0.2, -0.15) is 0 Å². The van der Waals surface area contributed by atoms with E-state index in [2.05, 4.69) is 38.2 Å². The van der Waals surface area contributed by atoms with Crippen molar-refractivity contribution < 1.29 is 4.74 Å². The number of benzene rings is 1. The Morgan fingerprint density at radius 2 is 2.11 bits per heavy atom. The van der Waals surface area contributed by atoms with Crippen LogP contribution < -0.4 is 15.8 Å². The van der Waals surface area contributed by atoms with E-state index in [0.717, 1.165) is 25.3 Å². The molecule has 3 heteroatoms. The lowest BCUT2D eigenvalue weighted by atomic mass is 10.0. The fraction of sp³-hybridized carbons (Fsp3) is 0.600. The molecule has 18 heavy (non-hydrogen) atoms. The number of hydrogen-bond donors (Lipinski definition) is 2. The van der Waals surface area contributed by atoms with Gasteiger partial charge in [-0.05, 0) is 30.0 Å². The van der Waals surface area contributed by atoms with Crippen molar-refractivity contribution in [2.24, 2.45) is 11.7 Å². The summed E-state index contributed by atoms with van der Waals surface area (Å²) in [5, 5.41) is 3.49. The molecule has 1 aromatic carbocycles. The van der Waals surface area contributed by atoms with Gasteiger partial charge in [0.2, 0.25) is 0 Å². The molecule has 0 fully saturated rings. The Kier molecular flexibility index (Phi) is 6.76. The molecule has 1 rings (SSSR count). The maximum atomic E-state index is 5.75. The highest BCUT2D eigenvalue weighted by atomic mass is 16.5. The third-order valence-corrected chi connectivity index (χ3v) is 3.00. The molecule has 3 nitrogen and oxygen atoms in total. The molecule has 0 aliphatic heterocycles. The van der Waals surface area contributed by atoms with Gasteiger partial charge in [-0.1, -0.05) is 32.9 Å². The largest absolute Gasteiger partial charge is 0.494 e. The number of rotatable bonds is 8. The summed E-state index contributed by atoms with van der Waals surface area (Å²) in [4.78, 5) is 0. The maximum absolute atomic E-state index is 5.75. The first-order chi connectivity index (χ1) is 8.67. The van der Waals surface area contributed by atoms with Crippen LogP contribution in [0, 0.1) is 5.92 Å². The standard InChI is InChI=1S/C15H26N2O/c1-4-8-18-14-7-5-6-13(9-14)11-17-15(10-16)12(2)3/h5-7,9,12,15,17H,4,8,10-11,16H2,1-3H3. The zero-order valence-electron chi connectivity index (χ0n) is 11.8. The van der Waals surface area contributed by atoms with Crippen LogP contribution in [0.15, 0.2) is 24.3 Å². The van der Waals surface area contributed by atoms with Crippen molar-refractivity contribution >= 4 is 0 Å². The Labute approximate surface area is 111 Å². The third-order valence-electron chi connectivity index (χ3n) is 3.00. The van der Waals surface area contributed by atoms with Crippen LogP contribution in [0.1, 0.15) is 32.8 Å². The molecule has 0 heterocycles. The zero-order valence-corrected chi connectivity index (χ0v) is 11.8. The lowest BCUT2D eigenvalue weighted by Gasteiger charge is -2.20. The van der Waals surface area contributed by atoms with E-state index in [-0.39, 0.29) is 0 Å². The van der Waals surface area contributed by atoms with Gasteiger partial charge in [0.05, 0.1) is 6.61 Å². The molecule has 1 aromatic rings. The van der Waals surface area contributed by atoms with Crippen LogP contribution >= 0.6 is 0 Å². The first-order valence-electron chi connectivity index (χ1n) is 6.82. The summed E-state index contributed by atoms with van der Waals surface area (Å²) in [5.74, 6) is 1.50. The molecule has 0 aliphatic carbocycles. The molecule has 102 valence electrons. The predicted octanol–water partition coefficient (Wildman–Crippen LogP) is 2.55. The Morgan fingerprint density at radius 3 is 2.72 bits per heavy atom. The van der Waals surface area contributed by atoms with Gasteiger partial charge < -0.3 is 15.8 Å². The molecule has 0 saturated carbocycles. The summed E-state index contributed by atoms with van der Waals surface area (Å²) in [6.45, 7) is 8.76. The number of hydrogen-bond acceptors (Lipinski definition) is 3. The van der Waals surface area contributed by atoms with Crippen LogP contribution in [0.4, 0.5) is 0 Å². The van der Waals surface area contributed by atoms with E-state index in [4.69, 9.17) is 10.5 Å². The van der Waals surface area contributed by atoms with E-state index in [1.807, 2.05) is 12.1 Å². The van der Waals surface area contributed by atoms with E-state index in [9.17, 15) is 0 Å². The van der Waals surface area contributed by atoms with Crippen LogP contribution in [0.25, 0.3) is 0 Å². The highest BCUT2D eigenvalue weighted by molar-refractivity contribution is 5.28. The van der Waals surface area contributed by atoms with Gasteiger partial charge >= 0.3 is 0 Å². The fourth-order valence-corrected chi connectivity index (χ4v) is 1.81. The van der Waals surface area contributed by atoms with Crippen LogP contribution in [0.2, 0.25) is 0 Å². The van der Waals surface area contributed by atoms with Crippen LogP contribution in [-0.2, 0) is 6.54 Å². The summed E-state index contributed by atoms with van der Waals surface area (Å²) >= 11 is 0. The fourth-order valence-electron chi connectivity index (χ4n) is 1.81. The maximum Gasteiger partial charge on any atom is 0.119 e. The minimum absolute atomic E-state index is 0.366. The van der Waals surface area contributed by atoms with Gasteiger partial charge in [0.1, 0.15) is 5.75 Å². The second-order valence-electron chi connectivity index (χ2n) is 4.96. The molecule has 0 saturated heterocycles. The first kappa shape index (κ1) is 15.0. The number of ether oxygens (including phenoxy) is 1. The number of nitrogens with one attached hydrogen (secondary N) is 1. The third kappa shape index (κ3) is 5.07. The zero-order chi connectivity index (χ0) is 13.4. The van der Waals surface area contributed by atoms with E-state index < -0.39 is 0 Å². The average molecular weight is 250 g/mol. The van der Waals surface area contributed by atoms with Gasteiger partial charge in [0.15, 0.2) is 0 Å². The Morgan fingerprint density at radius 1 is 1.33 bits per heavy atom. The van der Waals surface area contributed by atoms with Crippen LogP contribution in [0.3, 0.4) is 0 Å². The Balaban J connectivity index is 2.51. The SMILES string of the molecule is CCCOc1cccc(CNC(CN)C(C)C)c1. The van der Waals surface area contributed by atoms with Crippen LogP contribution in [0.5, 0.6) is 5.75 Å². The van der Waals surface area contributed by atoms with Crippen molar-refractivity contribution in [2.75, 3.05) is 13.2 Å². The van der Waals surface area contributed by atoms with Crippen molar-refractivity contribution in [3.05, 3.63) is 29.8 Å². The summed E-state index contributed by atoms with van der Waals surface area (Å²) in [6.07, 6.45) is 1.03. The van der Waals surface area contributed by atoms with E-state index >= 15 is 0 Å². The molecule has 0 bridgehead atoms. The summed E-state index contributed by atoms with van der Waals surface area (Å²) < 4.78 is 5.62. The minimum atomic E-state index is 0.366. The van der Waals surface area contributed by atoms with E-state index in [1.54, 1.807) is 0 Å². The Bertz CT molecular complexity index is 339. The average Bonchev–Trinajstić information content (AvgIpc) is 2.37. The quantitative estimate of drug-likeness (QED) is 0.745. The van der Waals surface area contributed by atoms with E-state index in [0.29, 0.717) is 18.5 Å². The molecule has 0 amide bonds. The molecular formula is C15H26N2O. The van der Waals surface area contributed by atoms with Gasteiger partial charge in [0, 0.05) is 19.1 Å². The summed E-state index contributed by atoms with van der Waals surface area (Å²) in [6, 6.07) is 8.61. The van der Waals surface area contributed by atoms with E-state index in [1.165, 1.54) is 5.56 Å². The van der Waals surface area contributed by atoms with Crippen molar-refractivity contribution in [1.29, 1.82) is 0 Å². The van der Waals surface area contributed by atoms with Crippen LogP contribution in [-0.4, -0.2) is 19.2 Å². The highest BCUT2D eigenvalue weighted by Gasteiger charge is 2.10. The highest BCUT2D eigenvalue weighted by Crippen LogP contribution is 2.14. The predicted molar refractivity (Wildman–Crippen MR) is 76.7 cm³/mol. The molecule has 1 unspecified atom stereocenters. The molecular weight excluding hydrogens is 224 g/mol. The van der Waals surface area contributed by atoms with Gasteiger partial charge in [-0.15, -0.1) is 0 Å². The normalized spacial score (nSPS) is 12.7. The minimum Gasteiger partial charge on any atom is -0.494 e. The molecule has 0 radical (unpaired) electrons. The van der Waals surface area contributed by atoms with Crippen molar-refractivity contribution in [1.82, 2.24) is 5.32 Å². The molecule has 1 atom stereocenters. The molecule has 3 N–H and O–H groups in total. The smallest absolute Gasteiger partial charge is 0.119 e. The van der Waals surface area contributed by atoms with Crippen molar-refractivity contribution in [3.63, 3.8) is 0 Å². The van der Waals surface area contributed by atoms with Gasteiger partial charge in [-0.3, -0.25) is 0 Å². The molecule has 0 spiro atoms. The monoisotopic (exact) mass is 250 g/mol. The lowest BCUT2D eigenvalue weighted by Crippen LogP contribution is -2.39. The topological polar surface area (TPSA) is 47.3 Å². The second kappa shape index (κ2) is 8.11. The van der Waals surface area contributed by atoms with Gasteiger partial charge in [0.25, 0.3) is 0 Å². The number of nitrogens with two attached hydrogens (primary N) is 1. The Hall–Kier alpha value is -1.06. The van der Waals surface area contributed by atoms with Gasteiger partial charge in [-0.25, -0.2) is 0 Å². The van der Waals surface area contributed by atoms with Crippen molar-refractivity contribution in [2.45, 2.75) is 39.8 Å². The second-order valence-corrected chi connectivity index (χ2v) is 4.96. The summed E-state index contributed by atoms with van der Waals surface area (Å²) in [5.41, 5.74) is 6.98. The summed E-state index contributed by atoms with van der Waals surface area (Å²) in [7, 11) is 0.